The Balaban J connectivity index is 2.14. The fraction of sp³-hybridized carbons (Fsp3) is 0.429. The third-order valence-corrected chi connectivity index (χ3v) is 2.96. The van der Waals surface area contributed by atoms with Gasteiger partial charge in [-0.3, -0.25) is 0 Å². The van der Waals surface area contributed by atoms with Gasteiger partial charge in [-0.05, 0) is 49.4 Å². The van der Waals surface area contributed by atoms with Gasteiger partial charge in [-0.25, -0.2) is 0 Å². The van der Waals surface area contributed by atoms with E-state index in [0.29, 0.717) is 6.61 Å². The minimum absolute atomic E-state index is 0.202. The SMILES string of the molecule is CC#CCOc1ccc2c(c1)CCCC2N. The average Bonchev–Trinajstić information content (AvgIpc) is 2.30. The van der Waals surface area contributed by atoms with Crippen molar-refractivity contribution in [1.82, 2.24) is 0 Å². The minimum Gasteiger partial charge on any atom is -0.481 e. The van der Waals surface area contributed by atoms with E-state index in [0.717, 1.165) is 18.6 Å². The summed E-state index contributed by atoms with van der Waals surface area (Å²) in [6.07, 6.45) is 3.38. The molecule has 84 valence electrons. The number of ether oxygens (including phenoxy) is 1. The van der Waals surface area contributed by atoms with E-state index in [1.165, 1.54) is 17.5 Å². The smallest absolute Gasteiger partial charge is 0.149 e. The monoisotopic (exact) mass is 215 g/mol. The highest BCUT2D eigenvalue weighted by Crippen LogP contribution is 2.30. The molecule has 0 aliphatic heterocycles. The Hall–Kier alpha value is -1.46. The fourth-order valence-electron chi connectivity index (χ4n) is 2.11. The lowest BCUT2D eigenvalue weighted by Crippen LogP contribution is -2.17. The van der Waals surface area contributed by atoms with Gasteiger partial charge < -0.3 is 10.5 Å². The molecule has 1 aliphatic carbocycles. The van der Waals surface area contributed by atoms with Gasteiger partial charge in [-0.1, -0.05) is 12.0 Å². The largest absolute Gasteiger partial charge is 0.481 e. The van der Waals surface area contributed by atoms with Gasteiger partial charge in [0.15, 0.2) is 0 Å². The molecule has 0 amide bonds. The summed E-state index contributed by atoms with van der Waals surface area (Å²) in [5.41, 5.74) is 8.67. The van der Waals surface area contributed by atoms with Crippen molar-refractivity contribution in [2.24, 2.45) is 5.73 Å². The number of benzene rings is 1. The van der Waals surface area contributed by atoms with Crippen LogP contribution in [0.2, 0.25) is 0 Å². The summed E-state index contributed by atoms with van der Waals surface area (Å²) in [6, 6.07) is 6.38. The number of rotatable bonds is 2. The van der Waals surface area contributed by atoms with Crippen LogP contribution in [0, 0.1) is 11.8 Å². The van der Waals surface area contributed by atoms with Crippen LogP contribution in [0.1, 0.15) is 36.9 Å². The lowest BCUT2D eigenvalue weighted by Gasteiger charge is -2.22. The molecule has 2 N–H and O–H groups in total. The van der Waals surface area contributed by atoms with E-state index in [9.17, 15) is 0 Å². The minimum atomic E-state index is 0.202. The number of aryl methyl sites for hydroxylation is 1. The third-order valence-electron chi connectivity index (χ3n) is 2.96. The van der Waals surface area contributed by atoms with Gasteiger partial charge in [0.05, 0.1) is 0 Å². The van der Waals surface area contributed by atoms with E-state index in [4.69, 9.17) is 10.5 Å². The highest BCUT2D eigenvalue weighted by molar-refractivity contribution is 5.39. The molecule has 0 radical (unpaired) electrons. The van der Waals surface area contributed by atoms with Gasteiger partial charge in [0.2, 0.25) is 0 Å². The van der Waals surface area contributed by atoms with E-state index in [-0.39, 0.29) is 6.04 Å². The molecule has 0 bridgehead atoms. The molecule has 16 heavy (non-hydrogen) atoms. The van der Waals surface area contributed by atoms with Crippen LogP contribution < -0.4 is 10.5 Å². The van der Waals surface area contributed by atoms with Crippen molar-refractivity contribution in [2.75, 3.05) is 6.61 Å². The second-order valence-electron chi connectivity index (χ2n) is 4.07. The fourth-order valence-corrected chi connectivity index (χ4v) is 2.11. The standard InChI is InChI=1S/C14H17NO/c1-2-3-9-16-12-7-8-13-11(10-12)5-4-6-14(13)15/h7-8,10,14H,4-6,9,15H2,1H3. The Labute approximate surface area is 96.8 Å². The molecule has 0 fully saturated rings. The second kappa shape index (κ2) is 5.05. The van der Waals surface area contributed by atoms with Crippen molar-refractivity contribution in [3.05, 3.63) is 29.3 Å². The quantitative estimate of drug-likeness (QED) is 0.769. The van der Waals surface area contributed by atoms with Crippen molar-refractivity contribution in [3.8, 4) is 17.6 Å². The van der Waals surface area contributed by atoms with Crippen LogP contribution in [0.5, 0.6) is 5.75 Å². The van der Waals surface area contributed by atoms with Crippen LogP contribution in [0.3, 0.4) is 0 Å². The molecular weight excluding hydrogens is 198 g/mol. The van der Waals surface area contributed by atoms with Crippen LogP contribution in [-0.2, 0) is 6.42 Å². The van der Waals surface area contributed by atoms with Crippen LogP contribution >= 0.6 is 0 Å². The summed E-state index contributed by atoms with van der Waals surface area (Å²) in [7, 11) is 0. The first-order chi connectivity index (χ1) is 7.81. The van der Waals surface area contributed by atoms with Crippen molar-refractivity contribution in [3.63, 3.8) is 0 Å². The highest BCUT2D eigenvalue weighted by Gasteiger charge is 2.16. The summed E-state index contributed by atoms with van der Waals surface area (Å²) >= 11 is 0. The zero-order valence-electron chi connectivity index (χ0n) is 9.62. The first kappa shape index (κ1) is 11.0. The van der Waals surface area contributed by atoms with Gasteiger partial charge in [-0.2, -0.15) is 0 Å². The van der Waals surface area contributed by atoms with Gasteiger partial charge in [0, 0.05) is 6.04 Å². The first-order valence-electron chi connectivity index (χ1n) is 5.72. The first-order valence-corrected chi connectivity index (χ1v) is 5.72. The van der Waals surface area contributed by atoms with Crippen molar-refractivity contribution in [1.29, 1.82) is 0 Å². The maximum absolute atomic E-state index is 6.05. The maximum Gasteiger partial charge on any atom is 0.149 e. The molecule has 0 spiro atoms. The average molecular weight is 215 g/mol. The van der Waals surface area contributed by atoms with E-state index >= 15 is 0 Å². The van der Waals surface area contributed by atoms with E-state index in [1.807, 2.05) is 13.0 Å². The van der Waals surface area contributed by atoms with Gasteiger partial charge in [0.1, 0.15) is 12.4 Å². The Kier molecular flexibility index (Phi) is 3.48. The van der Waals surface area contributed by atoms with Crippen molar-refractivity contribution >= 4 is 0 Å². The maximum atomic E-state index is 6.05. The van der Waals surface area contributed by atoms with Gasteiger partial charge >= 0.3 is 0 Å². The van der Waals surface area contributed by atoms with Gasteiger partial charge in [-0.15, -0.1) is 5.92 Å². The zero-order valence-corrected chi connectivity index (χ0v) is 9.62. The van der Waals surface area contributed by atoms with Crippen LogP contribution in [-0.4, -0.2) is 6.61 Å². The molecule has 0 heterocycles. The molecule has 1 aromatic rings. The van der Waals surface area contributed by atoms with Crippen LogP contribution in [0.4, 0.5) is 0 Å². The predicted octanol–water partition coefficient (Wildman–Crippen LogP) is 2.42. The molecule has 2 heteroatoms. The van der Waals surface area contributed by atoms with Crippen molar-refractivity contribution in [2.45, 2.75) is 32.2 Å². The summed E-state index contributed by atoms with van der Waals surface area (Å²) in [4.78, 5) is 0. The molecule has 1 unspecified atom stereocenters. The summed E-state index contributed by atoms with van der Waals surface area (Å²) < 4.78 is 5.53. The normalized spacial score (nSPS) is 18.2. The molecule has 2 rings (SSSR count). The summed E-state index contributed by atoms with van der Waals surface area (Å²) in [5.74, 6) is 6.60. The molecule has 2 nitrogen and oxygen atoms in total. The Morgan fingerprint density at radius 2 is 2.38 bits per heavy atom. The molecule has 1 aliphatic rings. The molecule has 0 aromatic heterocycles. The van der Waals surface area contributed by atoms with Crippen molar-refractivity contribution < 1.29 is 4.74 Å². The topological polar surface area (TPSA) is 35.2 Å². The van der Waals surface area contributed by atoms with Gasteiger partial charge in [0.25, 0.3) is 0 Å². The third kappa shape index (κ3) is 2.37. The Morgan fingerprint density at radius 1 is 1.50 bits per heavy atom. The number of hydrogen-bond acceptors (Lipinski definition) is 2. The number of fused-ring (bicyclic) bond motifs is 1. The number of nitrogens with two attached hydrogens (primary N) is 1. The highest BCUT2D eigenvalue weighted by atomic mass is 16.5. The van der Waals surface area contributed by atoms with Crippen LogP contribution in [0.25, 0.3) is 0 Å². The predicted molar refractivity (Wildman–Crippen MR) is 65.3 cm³/mol. The summed E-state index contributed by atoms with van der Waals surface area (Å²) in [6.45, 7) is 2.27. The molecular formula is C14H17NO. The zero-order chi connectivity index (χ0) is 11.4. The lowest BCUT2D eigenvalue weighted by atomic mass is 9.88. The molecule has 0 saturated heterocycles. The number of hydrogen-bond donors (Lipinski definition) is 1. The summed E-state index contributed by atoms with van der Waals surface area (Å²) in [5, 5.41) is 0. The Morgan fingerprint density at radius 3 is 3.19 bits per heavy atom. The van der Waals surface area contributed by atoms with E-state index < -0.39 is 0 Å². The van der Waals surface area contributed by atoms with E-state index in [2.05, 4.69) is 24.0 Å². The van der Waals surface area contributed by atoms with Crippen LogP contribution in [0.15, 0.2) is 18.2 Å². The Bertz CT molecular complexity index is 428. The molecule has 1 atom stereocenters. The lowest BCUT2D eigenvalue weighted by molar-refractivity contribution is 0.369. The second-order valence-corrected chi connectivity index (χ2v) is 4.07. The molecule has 0 saturated carbocycles. The van der Waals surface area contributed by atoms with E-state index in [1.54, 1.807) is 0 Å². The molecule has 1 aromatic carbocycles.